The highest BCUT2D eigenvalue weighted by Crippen LogP contribution is 2.32. The van der Waals surface area contributed by atoms with Crippen molar-refractivity contribution in [2.45, 2.75) is 70.9 Å². The number of unbranched alkanes of at least 4 members (excludes halogenated alkanes) is 2. The van der Waals surface area contributed by atoms with Crippen LogP contribution in [-0.4, -0.2) is 29.4 Å². The van der Waals surface area contributed by atoms with Crippen LogP contribution in [0.5, 0.6) is 5.75 Å². The smallest absolute Gasteiger partial charge is 0.255 e. The number of benzene rings is 2. The maximum atomic E-state index is 12.8. The van der Waals surface area contributed by atoms with Crippen LogP contribution < -0.4 is 10.1 Å². The van der Waals surface area contributed by atoms with Crippen molar-refractivity contribution in [1.29, 1.82) is 0 Å². The highest BCUT2D eigenvalue weighted by Gasteiger charge is 2.33. The zero-order valence-electron chi connectivity index (χ0n) is 18.4. The summed E-state index contributed by atoms with van der Waals surface area (Å²) in [5, 5.41) is 2.97. The zero-order chi connectivity index (χ0) is 21.6. The first-order chi connectivity index (χ1) is 15.2. The molecule has 4 rings (SSSR count). The quantitative estimate of drug-likeness (QED) is 0.549. The molecule has 2 aliphatic rings. The molecule has 31 heavy (non-hydrogen) atoms. The Morgan fingerprint density at radius 2 is 1.84 bits per heavy atom. The summed E-state index contributed by atoms with van der Waals surface area (Å²) in [6.45, 7) is 3.51. The second-order valence-corrected chi connectivity index (χ2v) is 8.63. The number of anilines is 1. The number of carbonyl (C=O) groups is 2. The van der Waals surface area contributed by atoms with Crippen molar-refractivity contribution in [3.63, 3.8) is 0 Å². The summed E-state index contributed by atoms with van der Waals surface area (Å²) in [5.74, 6) is 0.756. The SMILES string of the molecule is CCCCCOc1ccc(C(=O)Nc2ccc3c(c2)CN(C2CCCCC2)C3=O)cc1. The van der Waals surface area contributed by atoms with Crippen LogP contribution in [0.3, 0.4) is 0 Å². The van der Waals surface area contributed by atoms with Gasteiger partial charge in [-0.1, -0.05) is 39.0 Å². The molecule has 0 bridgehead atoms. The Morgan fingerprint density at radius 1 is 1.06 bits per heavy atom. The van der Waals surface area contributed by atoms with E-state index in [1.165, 1.54) is 19.3 Å². The summed E-state index contributed by atoms with van der Waals surface area (Å²) < 4.78 is 5.71. The number of nitrogens with one attached hydrogen (secondary N) is 1. The van der Waals surface area contributed by atoms with Crippen LogP contribution in [0.2, 0.25) is 0 Å². The van der Waals surface area contributed by atoms with E-state index in [2.05, 4.69) is 12.2 Å². The lowest BCUT2D eigenvalue weighted by atomic mass is 9.94. The molecule has 0 atom stereocenters. The van der Waals surface area contributed by atoms with Crippen LogP contribution in [-0.2, 0) is 6.54 Å². The normalized spacial score (nSPS) is 16.3. The molecule has 1 saturated carbocycles. The highest BCUT2D eigenvalue weighted by atomic mass is 16.5. The molecule has 1 aliphatic heterocycles. The first-order valence-corrected chi connectivity index (χ1v) is 11.6. The van der Waals surface area contributed by atoms with Gasteiger partial charge in [-0.2, -0.15) is 0 Å². The number of amides is 2. The molecular formula is C26H32N2O3. The first kappa shape index (κ1) is 21.4. The van der Waals surface area contributed by atoms with Crippen LogP contribution in [0.15, 0.2) is 42.5 Å². The van der Waals surface area contributed by atoms with Crippen LogP contribution in [0, 0.1) is 0 Å². The molecule has 1 heterocycles. The molecule has 2 aromatic rings. The lowest BCUT2D eigenvalue weighted by Gasteiger charge is -2.30. The minimum Gasteiger partial charge on any atom is -0.494 e. The van der Waals surface area contributed by atoms with E-state index in [1.54, 1.807) is 12.1 Å². The number of ether oxygens (including phenoxy) is 1. The molecule has 164 valence electrons. The van der Waals surface area contributed by atoms with Crippen molar-refractivity contribution in [2.24, 2.45) is 0 Å². The summed E-state index contributed by atoms with van der Waals surface area (Å²) in [7, 11) is 0. The van der Waals surface area contributed by atoms with E-state index >= 15 is 0 Å². The predicted molar refractivity (Wildman–Crippen MR) is 123 cm³/mol. The van der Waals surface area contributed by atoms with Gasteiger partial charge in [0.15, 0.2) is 0 Å². The fraction of sp³-hybridized carbons (Fsp3) is 0.462. The summed E-state index contributed by atoms with van der Waals surface area (Å²) >= 11 is 0. The third-order valence-electron chi connectivity index (χ3n) is 6.34. The summed E-state index contributed by atoms with van der Waals surface area (Å²) in [5.41, 5.74) is 3.08. The van der Waals surface area contributed by atoms with E-state index in [-0.39, 0.29) is 11.8 Å². The Bertz CT molecular complexity index is 917. The second-order valence-electron chi connectivity index (χ2n) is 8.63. The standard InChI is InChI=1S/C26H32N2O3/c1-2-3-7-16-31-23-13-10-19(11-14-23)25(29)27-21-12-15-24-20(17-21)18-28(26(24)30)22-8-5-4-6-9-22/h10-15,17,22H,2-9,16,18H2,1H3,(H,27,29). The van der Waals surface area contributed by atoms with E-state index < -0.39 is 0 Å². The van der Waals surface area contributed by atoms with Gasteiger partial charge in [0.2, 0.25) is 0 Å². The second kappa shape index (κ2) is 9.99. The average Bonchev–Trinajstić information content (AvgIpc) is 3.13. The number of fused-ring (bicyclic) bond motifs is 1. The molecule has 0 unspecified atom stereocenters. The first-order valence-electron chi connectivity index (χ1n) is 11.6. The third kappa shape index (κ3) is 5.09. The van der Waals surface area contributed by atoms with Crippen molar-refractivity contribution < 1.29 is 14.3 Å². The monoisotopic (exact) mass is 420 g/mol. The Kier molecular flexibility index (Phi) is 6.90. The number of nitrogens with zero attached hydrogens (tertiary/aromatic N) is 1. The number of rotatable bonds is 8. The van der Waals surface area contributed by atoms with Crippen molar-refractivity contribution in [1.82, 2.24) is 4.90 Å². The molecule has 0 saturated heterocycles. The van der Waals surface area contributed by atoms with E-state index in [0.717, 1.165) is 54.7 Å². The summed E-state index contributed by atoms with van der Waals surface area (Å²) in [4.78, 5) is 27.5. The minimum atomic E-state index is -0.161. The molecular weight excluding hydrogens is 388 g/mol. The fourth-order valence-corrected chi connectivity index (χ4v) is 4.56. The van der Waals surface area contributed by atoms with E-state index in [9.17, 15) is 9.59 Å². The molecule has 1 fully saturated rings. The molecule has 5 nitrogen and oxygen atoms in total. The number of hydrogen-bond donors (Lipinski definition) is 1. The van der Waals surface area contributed by atoms with Crippen LogP contribution in [0.25, 0.3) is 0 Å². The van der Waals surface area contributed by atoms with Gasteiger partial charge in [0.05, 0.1) is 6.61 Å². The van der Waals surface area contributed by atoms with Crippen LogP contribution in [0.4, 0.5) is 5.69 Å². The largest absolute Gasteiger partial charge is 0.494 e. The number of carbonyl (C=O) groups excluding carboxylic acids is 2. The molecule has 1 aliphatic carbocycles. The van der Waals surface area contributed by atoms with Gasteiger partial charge in [0.1, 0.15) is 5.75 Å². The lowest BCUT2D eigenvalue weighted by molar-refractivity contribution is 0.0660. The van der Waals surface area contributed by atoms with Crippen molar-refractivity contribution >= 4 is 17.5 Å². The topological polar surface area (TPSA) is 58.6 Å². The van der Waals surface area contributed by atoms with Crippen molar-refractivity contribution in [3.8, 4) is 5.75 Å². The minimum absolute atomic E-state index is 0.134. The Balaban J connectivity index is 1.36. The van der Waals surface area contributed by atoms with Gasteiger partial charge in [-0.25, -0.2) is 0 Å². The van der Waals surface area contributed by atoms with Gasteiger partial charge in [-0.3, -0.25) is 9.59 Å². The van der Waals surface area contributed by atoms with Crippen molar-refractivity contribution in [3.05, 3.63) is 59.2 Å². The molecule has 5 heteroatoms. The Labute approximate surface area is 184 Å². The Hall–Kier alpha value is -2.82. The maximum absolute atomic E-state index is 12.8. The predicted octanol–water partition coefficient (Wildman–Crippen LogP) is 5.80. The molecule has 2 aromatic carbocycles. The summed E-state index contributed by atoms with van der Waals surface area (Å²) in [6, 6.07) is 13.2. The molecule has 2 amide bonds. The van der Waals surface area contributed by atoms with Crippen LogP contribution >= 0.6 is 0 Å². The van der Waals surface area contributed by atoms with Gasteiger partial charge in [0.25, 0.3) is 11.8 Å². The maximum Gasteiger partial charge on any atom is 0.255 e. The lowest BCUT2D eigenvalue weighted by Crippen LogP contribution is -2.36. The van der Waals surface area contributed by atoms with E-state index in [4.69, 9.17) is 4.74 Å². The molecule has 0 aromatic heterocycles. The van der Waals surface area contributed by atoms with Gasteiger partial charge < -0.3 is 15.0 Å². The number of hydrogen-bond acceptors (Lipinski definition) is 3. The van der Waals surface area contributed by atoms with Gasteiger partial charge >= 0.3 is 0 Å². The third-order valence-corrected chi connectivity index (χ3v) is 6.34. The highest BCUT2D eigenvalue weighted by molar-refractivity contribution is 6.05. The Morgan fingerprint density at radius 3 is 2.58 bits per heavy atom. The van der Waals surface area contributed by atoms with Gasteiger partial charge in [-0.05, 0) is 67.3 Å². The van der Waals surface area contributed by atoms with Crippen molar-refractivity contribution in [2.75, 3.05) is 11.9 Å². The average molecular weight is 421 g/mol. The van der Waals surface area contributed by atoms with Gasteiger partial charge in [0, 0.05) is 29.4 Å². The fourth-order valence-electron chi connectivity index (χ4n) is 4.56. The summed E-state index contributed by atoms with van der Waals surface area (Å²) in [6.07, 6.45) is 9.24. The molecule has 1 N–H and O–H groups in total. The molecule has 0 radical (unpaired) electrons. The van der Waals surface area contributed by atoms with Gasteiger partial charge in [-0.15, -0.1) is 0 Å². The molecule has 0 spiro atoms. The van der Waals surface area contributed by atoms with Crippen LogP contribution in [0.1, 0.15) is 84.6 Å². The zero-order valence-corrected chi connectivity index (χ0v) is 18.4. The van der Waals surface area contributed by atoms with E-state index in [1.807, 2.05) is 35.2 Å². The van der Waals surface area contributed by atoms with E-state index in [0.29, 0.717) is 24.8 Å².